The maximum Gasteiger partial charge on any atom is 0.387 e. The molecule has 174 valence electrons. The van der Waals surface area contributed by atoms with Crippen molar-refractivity contribution in [2.75, 3.05) is 0 Å². The molecule has 0 heterocycles. The summed E-state index contributed by atoms with van der Waals surface area (Å²) in [7, 11) is 0. The second-order valence-corrected chi connectivity index (χ2v) is 8.77. The van der Waals surface area contributed by atoms with Crippen LogP contribution in [0.5, 0.6) is 11.5 Å². The molecular formula is C25H28ClF3O3. The number of aryl methyl sites for hydroxylation is 1. The molecule has 3 nitrogen and oxygen atoms in total. The third kappa shape index (κ3) is 6.64. The van der Waals surface area contributed by atoms with Crippen LogP contribution in [0.3, 0.4) is 0 Å². The molecule has 0 saturated heterocycles. The molecule has 0 aliphatic heterocycles. The van der Waals surface area contributed by atoms with Crippen LogP contribution < -0.4 is 9.47 Å². The van der Waals surface area contributed by atoms with Gasteiger partial charge in [0.15, 0.2) is 11.6 Å². The molecule has 0 N–H and O–H groups in total. The summed E-state index contributed by atoms with van der Waals surface area (Å²) in [6, 6.07) is 9.18. The Kier molecular flexibility index (Phi) is 8.85. The van der Waals surface area contributed by atoms with Crippen LogP contribution in [0.4, 0.5) is 13.2 Å². The molecule has 2 aromatic rings. The molecule has 32 heavy (non-hydrogen) atoms. The standard InChI is InChI=1S/C25H28ClF3O3/c1-2-3-16-4-6-17(7-5-16)8-9-18-10-12-19(13-11-18)24(30)31-21-15-14-20(26)22(27)23(21)32-25(28)29/h10-17,25H,2-9H2,1H3. The van der Waals surface area contributed by atoms with Crippen molar-refractivity contribution in [2.45, 2.75) is 64.9 Å². The van der Waals surface area contributed by atoms with Gasteiger partial charge in [0.2, 0.25) is 5.75 Å². The predicted octanol–water partition coefficient (Wildman–Crippen LogP) is 7.84. The lowest BCUT2D eigenvalue weighted by Crippen LogP contribution is -2.15. The quantitative estimate of drug-likeness (QED) is 0.278. The van der Waals surface area contributed by atoms with Gasteiger partial charge < -0.3 is 9.47 Å². The number of halogens is 4. The summed E-state index contributed by atoms with van der Waals surface area (Å²) >= 11 is 5.61. The number of carbonyl (C=O) groups excluding carboxylic acids is 1. The average Bonchev–Trinajstić information content (AvgIpc) is 2.78. The van der Waals surface area contributed by atoms with Gasteiger partial charge >= 0.3 is 12.6 Å². The first-order valence-corrected chi connectivity index (χ1v) is 11.5. The Balaban J connectivity index is 1.56. The minimum Gasteiger partial charge on any atom is -0.428 e. The Labute approximate surface area is 191 Å². The highest BCUT2D eigenvalue weighted by Gasteiger charge is 2.22. The van der Waals surface area contributed by atoms with E-state index in [1.165, 1.54) is 38.5 Å². The van der Waals surface area contributed by atoms with E-state index in [0.717, 1.165) is 42.4 Å². The highest BCUT2D eigenvalue weighted by molar-refractivity contribution is 6.31. The lowest BCUT2D eigenvalue weighted by Gasteiger charge is -2.28. The van der Waals surface area contributed by atoms with Gasteiger partial charge in [-0.2, -0.15) is 8.78 Å². The van der Waals surface area contributed by atoms with E-state index in [9.17, 15) is 18.0 Å². The van der Waals surface area contributed by atoms with Crippen molar-refractivity contribution in [1.82, 2.24) is 0 Å². The maximum absolute atomic E-state index is 14.0. The number of carbonyl (C=O) groups is 1. The number of esters is 1. The maximum atomic E-state index is 14.0. The molecule has 0 unspecified atom stereocenters. The molecule has 0 aromatic heterocycles. The molecule has 2 aromatic carbocycles. The normalized spacial score (nSPS) is 18.6. The van der Waals surface area contributed by atoms with Gasteiger partial charge in [-0.1, -0.05) is 69.2 Å². The van der Waals surface area contributed by atoms with E-state index in [2.05, 4.69) is 11.7 Å². The molecule has 3 rings (SSSR count). The van der Waals surface area contributed by atoms with Crippen LogP contribution in [0.2, 0.25) is 5.02 Å². The summed E-state index contributed by atoms with van der Waals surface area (Å²) in [5.74, 6) is -1.72. The minimum atomic E-state index is -3.29. The first-order valence-electron chi connectivity index (χ1n) is 11.1. The minimum absolute atomic E-state index is 0.229. The van der Waals surface area contributed by atoms with Crippen molar-refractivity contribution in [2.24, 2.45) is 11.8 Å². The van der Waals surface area contributed by atoms with Crippen molar-refractivity contribution in [1.29, 1.82) is 0 Å². The fourth-order valence-electron chi connectivity index (χ4n) is 4.35. The van der Waals surface area contributed by atoms with Gasteiger partial charge in [0, 0.05) is 0 Å². The number of benzene rings is 2. The van der Waals surface area contributed by atoms with Crippen LogP contribution in [-0.4, -0.2) is 12.6 Å². The fraction of sp³-hybridized carbons (Fsp3) is 0.480. The number of hydrogen-bond donors (Lipinski definition) is 0. The Hall–Kier alpha value is -2.21. The summed E-state index contributed by atoms with van der Waals surface area (Å²) in [6.45, 7) is -1.04. The monoisotopic (exact) mass is 468 g/mol. The summed E-state index contributed by atoms with van der Waals surface area (Å²) < 4.78 is 48.5. The largest absolute Gasteiger partial charge is 0.428 e. The summed E-state index contributed by atoms with van der Waals surface area (Å²) in [6.07, 6.45) is 9.89. The molecule has 0 atom stereocenters. The van der Waals surface area contributed by atoms with E-state index >= 15 is 0 Å². The van der Waals surface area contributed by atoms with Gasteiger partial charge in [0.25, 0.3) is 0 Å². The van der Waals surface area contributed by atoms with Gasteiger partial charge in [-0.3, -0.25) is 0 Å². The van der Waals surface area contributed by atoms with E-state index in [4.69, 9.17) is 16.3 Å². The summed E-state index contributed by atoms with van der Waals surface area (Å²) in [5.41, 5.74) is 1.35. The van der Waals surface area contributed by atoms with E-state index in [0.29, 0.717) is 0 Å². The molecule has 0 amide bonds. The second-order valence-electron chi connectivity index (χ2n) is 8.37. The van der Waals surface area contributed by atoms with Gasteiger partial charge in [-0.15, -0.1) is 0 Å². The van der Waals surface area contributed by atoms with Gasteiger partial charge in [0.1, 0.15) is 0 Å². The average molecular weight is 469 g/mol. The molecule has 1 aliphatic carbocycles. The number of rotatable bonds is 9. The third-order valence-corrected chi connectivity index (χ3v) is 6.41. The van der Waals surface area contributed by atoms with E-state index < -0.39 is 34.9 Å². The van der Waals surface area contributed by atoms with Crippen molar-refractivity contribution in [3.05, 3.63) is 58.4 Å². The van der Waals surface area contributed by atoms with Crippen molar-refractivity contribution in [3.63, 3.8) is 0 Å². The topological polar surface area (TPSA) is 35.5 Å². The Morgan fingerprint density at radius 2 is 1.66 bits per heavy atom. The van der Waals surface area contributed by atoms with Crippen LogP contribution in [-0.2, 0) is 6.42 Å². The lowest BCUT2D eigenvalue weighted by molar-refractivity contribution is -0.0536. The second kappa shape index (κ2) is 11.6. The molecule has 0 bridgehead atoms. The summed E-state index contributed by atoms with van der Waals surface area (Å²) in [4.78, 5) is 12.4. The zero-order valence-electron chi connectivity index (χ0n) is 18.1. The first kappa shape index (κ1) is 24.4. The molecule has 0 spiro atoms. The molecule has 0 radical (unpaired) electrons. The van der Waals surface area contributed by atoms with Crippen LogP contribution >= 0.6 is 11.6 Å². The van der Waals surface area contributed by atoms with Crippen LogP contribution in [0.25, 0.3) is 0 Å². The molecule has 1 aliphatic rings. The van der Waals surface area contributed by atoms with Crippen LogP contribution in [0, 0.1) is 17.7 Å². The number of alkyl halides is 2. The van der Waals surface area contributed by atoms with E-state index in [-0.39, 0.29) is 5.56 Å². The SMILES string of the molecule is CCCC1CCC(CCc2ccc(C(=O)Oc3ccc(Cl)c(F)c3OC(F)F)cc2)CC1. The van der Waals surface area contributed by atoms with Crippen molar-refractivity contribution < 1.29 is 27.4 Å². The third-order valence-electron chi connectivity index (χ3n) is 6.12. The Bertz CT molecular complexity index is 894. The smallest absolute Gasteiger partial charge is 0.387 e. The van der Waals surface area contributed by atoms with Gasteiger partial charge in [-0.25, -0.2) is 9.18 Å². The highest BCUT2D eigenvalue weighted by Crippen LogP contribution is 2.36. The first-order chi connectivity index (χ1) is 15.4. The number of ether oxygens (including phenoxy) is 2. The Morgan fingerprint density at radius 1 is 1.03 bits per heavy atom. The van der Waals surface area contributed by atoms with E-state index in [1.807, 2.05) is 12.1 Å². The Morgan fingerprint density at radius 3 is 2.25 bits per heavy atom. The zero-order valence-corrected chi connectivity index (χ0v) is 18.8. The molecule has 1 fully saturated rings. The fourth-order valence-corrected chi connectivity index (χ4v) is 4.50. The van der Waals surface area contributed by atoms with Crippen molar-refractivity contribution >= 4 is 17.6 Å². The highest BCUT2D eigenvalue weighted by atomic mass is 35.5. The van der Waals surface area contributed by atoms with Gasteiger partial charge in [0.05, 0.1) is 10.6 Å². The van der Waals surface area contributed by atoms with E-state index in [1.54, 1.807) is 12.1 Å². The van der Waals surface area contributed by atoms with Crippen LogP contribution in [0.15, 0.2) is 36.4 Å². The van der Waals surface area contributed by atoms with Crippen molar-refractivity contribution in [3.8, 4) is 11.5 Å². The zero-order chi connectivity index (χ0) is 23.1. The molecular weight excluding hydrogens is 441 g/mol. The predicted molar refractivity (Wildman–Crippen MR) is 118 cm³/mol. The molecule has 1 saturated carbocycles. The lowest BCUT2D eigenvalue weighted by atomic mass is 9.78. The summed E-state index contributed by atoms with van der Waals surface area (Å²) in [5, 5.41) is -0.413. The van der Waals surface area contributed by atoms with Crippen LogP contribution in [0.1, 0.15) is 67.8 Å². The molecule has 7 heteroatoms. The number of hydrogen-bond acceptors (Lipinski definition) is 3. The van der Waals surface area contributed by atoms with Gasteiger partial charge in [-0.05, 0) is 54.5 Å².